The van der Waals surface area contributed by atoms with Crippen LogP contribution < -0.4 is 5.32 Å². The smallest absolute Gasteiger partial charge is 0.269 e. The van der Waals surface area contributed by atoms with Gasteiger partial charge in [-0.3, -0.25) is 9.59 Å². The SMILES string of the molecule is CC(C)N1C(=O)c2ccc(C(=O)Nc3ccc(Sc4nccn4C)cc3)cc2S1(=O)=O. The van der Waals surface area contributed by atoms with Crippen molar-refractivity contribution in [2.24, 2.45) is 7.05 Å². The third-order valence-electron chi connectivity index (χ3n) is 4.78. The number of carbonyl (C=O) groups excluding carboxylic acids is 2. The molecule has 1 aliphatic rings. The first-order valence-electron chi connectivity index (χ1n) is 9.48. The molecule has 3 aromatic rings. The quantitative estimate of drug-likeness (QED) is 0.632. The van der Waals surface area contributed by atoms with E-state index in [-0.39, 0.29) is 16.0 Å². The number of amides is 2. The summed E-state index contributed by atoms with van der Waals surface area (Å²) >= 11 is 1.50. The van der Waals surface area contributed by atoms with E-state index in [1.165, 1.54) is 30.0 Å². The summed E-state index contributed by atoms with van der Waals surface area (Å²) in [7, 11) is -2.05. The van der Waals surface area contributed by atoms with Crippen LogP contribution in [0.1, 0.15) is 34.6 Å². The van der Waals surface area contributed by atoms with Gasteiger partial charge in [0.25, 0.3) is 21.8 Å². The second-order valence-corrected chi connectivity index (χ2v) is 10.1. The number of imidazole rings is 1. The average molecular weight is 457 g/mol. The first kappa shape index (κ1) is 21.1. The van der Waals surface area contributed by atoms with Gasteiger partial charge in [-0.2, -0.15) is 0 Å². The van der Waals surface area contributed by atoms with E-state index in [1.807, 2.05) is 29.9 Å². The number of nitrogens with one attached hydrogen (secondary N) is 1. The molecule has 2 amide bonds. The zero-order valence-electron chi connectivity index (χ0n) is 17.1. The number of aryl methyl sites for hydroxylation is 1. The summed E-state index contributed by atoms with van der Waals surface area (Å²) in [5.74, 6) is -1.03. The number of sulfonamides is 1. The molecule has 31 heavy (non-hydrogen) atoms. The van der Waals surface area contributed by atoms with Gasteiger partial charge in [0.15, 0.2) is 5.16 Å². The maximum atomic E-state index is 12.7. The van der Waals surface area contributed by atoms with Gasteiger partial charge in [-0.25, -0.2) is 17.7 Å². The van der Waals surface area contributed by atoms with Crippen LogP contribution in [0.4, 0.5) is 5.69 Å². The number of hydrogen-bond acceptors (Lipinski definition) is 6. The fourth-order valence-electron chi connectivity index (χ4n) is 3.26. The lowest BCUT2D eigenvalue weighted by molar-refractivity contribution is 0.0846. The van der Waals surface area contributed by atoms with Crippen LogP contribution in [-0.2, 0) is 17.1 Å². The summed E-state index contributed by atoms with van der Waals surface area (Å²) in [4.78, 5) is 30.2. The van der Waals surface area contributed by atoms with Crippen LogP contribution in [0.5, 0.6) is 0 Å². The number of fused-ring (bicyclic) bond motifs is 1. The monoisotopic (exact) mass is 456 g/mol. The Labute approximate surface area is 184 Å². The van der Waals surface area contributed by atoms with Crippen molar-refractivity contribution in [2.75, 3.05) is 5.32 Å². The van der Waals surface area contributed by atoms with Gasteiger partial charge in [-0.1, -0.05) is 11.8 Å². The number of benzene rings is 2. The standard InChI is InChI=1S/C21H20N4O4S2/c1-13(2)25-20(27)17-9-4-14(12-18(17)31(25,28)29)19(26)23-15-5-7-16(8-6-15)30-21-22-10-11-24(21)3/h4-13H,1-3H3,(H,23,26). The predicted molar refractivity (Wildman–Crippen MR) is 117 cm³/mol. The van der Waals surface area contributed by atoms with Crippen molar-refractivity contribution >= 4 is 39.3 Å². The molecule has 160 valence electrons. The molecule has 1 N–H and O–H groups in total. The van der Waals surface area contributed by atoms with E-state index >= 15 is 0 Å². The highest BCUT2D eigenvalue weighted by molar-refractivity contribution is 7.99. The molecular weight excluding hydrogens is 436 g/mol. The highest BCUT2D eigenvalue weighted by Gasteiger charge is 2.42. The molecule has 0 fully saturated rings. The van der Waals surface area contributed by atoms with Gasteiger partial charge < -0.3 is 9.88 Å². The van der Waals surface area contributed by atoms with Crippen LogP contribution in [0.2, 0.25) is 0 Å². The number of nitrogens with zero attached hydrogens (tertiary/aromatic N) is 3. The van der Waals surface area contributed by atoms with E-state index in [0.29, 0.717) is 5.69 Å². The number of rotatable bonds is 5. The molecule has 0 spiro atoms. The zero-order valence-corrected chi connectivity index (χ0v) is 18.7. The van der Waals surface area contributed by atoms with E-state index < -0.39 is 27.9 Å². The summed E-state index contributed by atoms with van der Waals surface area (Å²) in [5, 5.41) is 3.61. The van der Waals surface area contributed by atoms with E-state index in [0.717, 1.165) is 14.4 Å². The van der Waals surface area contributed by atoms with Crippen LogP contribution in [-0.4, -0.2) is 40.1 Å². The van der Waals surface area contributed by atoms with E-state index in [4.69, 9.17) is 0 Å². The minimum atomic E-state index is -3.96. The number of aromatic nitrogens is 2. The first-order valence-corrected chi connectivity index (χ1v) is 11.7. The number of anilines is 1. The fraction of sp³-hybridized carbons (Fsp3) is 0.190. The van der Waals surface area contributed by atoms with Crippen molar-refractivity contribution in [2.45, 2.75) is 34.8 Å². The second kappa shape index (κ2) is 7.86. The van der Waals surface area contributed by atoms with Crippen molar-refractivity contribution in [3.05, 3.63) is 66.0 Å². The molecule has 1 aromatic heterocycles. The third kappa shape index (κ3) is 3.84. The van der Waals surface area contributed by atoms with Crippen molar-refractivity contribution in [3.63, 3.8) is 0 Å². The molecule has 4 rings (SSSR count). The number of carbonyl (C=O) groups is 2. The Morgan fingerprint density at radius 3 is 2.45 bits per heavy atom. The Morgan fingerprint density at radius 1 is 1.13 bits per heavy atom. The van der Waals surface area contributed by atoms with Crippen molar-refractivity contribution in [1.82, 2.24) is 13.9 Å². The van der Waals surface area contributed by atoms with Crippen LogP contribution in [0.15, 0.2) is 69.8 Å². The second-order valence-electron chi connectivity index (χ2n) is 7.31. The van der Waals surface area contributed by atoms with Crippen LogP contribution in [0, 0.1) is 0 Å². The van der Waals surface area contributed by atoms with E-state index in [1.54, 1.807) is 32.2 Å². The molecule has 0 aliphatic carbocycles. The maximum Gasteiger partial charge on any atom is 0.269 e. The Bertz CT molecular complexity index is 1280. The van der Waals surface area contributed by atoms with Crippen molar-refractivity contribution in [3.8, 4) is 0 Å². The lowest BCUT2D eigenvalue weighted by Crippen LogP contribution is -2.36. The highest BCUT2D eigenvalue weighted by Crippen LogP contribution is 2.33. The Hall–Kier alpha value is -3.11. The maximum absolute atomic E-state index is 12.7. The van der Waals surface area contributed by atoms with Gasteiger partial charge in [-0.05, 0) is 56.3 Å². The van der Waals surface area contributed by atoms with E-state index in [2.05, 4.69) is 10.3 Å². The van der Waals surface area contributed by atoms with Crippen molar-refractivity contribution < 1.29 is 18.0 Å². The predicted octanol–water partition coefficient (Wildman–Crippen LogP) is 3.38. The summed E-state index contributed by atoms with van der Waals surface area (Å²) in [5.41, 5.74) is 0.811. The highest BCUT2D eigenvalue weighted by atomic mass is 32.2. The lowest BCUT2D eigenvalue weighted by Gasteiger charge is -2.18. The Morgan fingerprint density at radius 2 is 1.84 bits per heavy atom. The molecular formula is C21H20N4O4S2. The Balaban J connectivity index is 1.52. The third-order valence-corrected chi connectivity index (χ3v) is 7.86. The van der Waals surface area contributed by atoms with Gasteiger partial charge in [-0.15, -0.1) is 0 Å². The Kier molecular flexibility index (Phi) is 5.36. The summed E-state index contributed by atoms with van der Waals surface area (Å²) in [6.45, 7) is 3.26. The van der Waals surface area contributed by atoms with Gasteiger partial charge in [0.05, 0.1) is 5.56 Å². The van der Waals surface area contributed by atoms with E-state index in [9.17, 15) is 18.0 Å². The van der Waals surface area contributed by atoms with Crippen LogP contribution in [0.25, 0.3) is 0 Å². The molecule has 0 saturated carbocycles. The molecule has 0 atom stereocenters. The molecule has 0 unspecified atom stereocenters. The molecule has 0 saturated heterocycles. The average Bonchev–Trinajstić information content (AvgIpc) is 3.21. The molecule has 0 bridgehead atoms. The molecule has 1 aliphatic heterocycles. The molecule has 8 nitrogen and oxygen atoms in total. The minimum absolute atomic E-state index is 0.0842. The van der Waals surface area contributed by atoms with Gasteiger partial charge >= 0.3 is 0 Å². The molecule has 2 heterocycles. The van der Waals surface area contributed by atoms with Crippen molar-refractivity contribution in [1.29, 1.82) is 0 Å². The summed E-state index contributed by atoms with van der Waals surface area (Å²) in [6, 6.07) is 10.8. The van der Waals surface area contributed by atoms with Gasteiger partial charge in [0.1, 0.15) is 4.90 Å². The number of hydrogen-bond donors (Lipinski definition) is 1. The van der Waals surface area contributed by atoms with Gasteiger partial charge in [0.2, 0.25) is 0 Å². The minimum Gasteiger partial charge on any atom is -0.329 e. The van der Waals surface area contributed by atoms with Gasteiger partial charge in [0, 0.05) is 41.6 Å². The fourth-order valence-corrected chi connectivity index (χ4v) is 5.86. The lowest BCUT2D eigenvalue weighted by atomic mass is 10.1. The summed E-state index contributed by atoms with van der Waals surface area (Å²) < 4.78 is 28.2. The topological polar surface area (TPSA) is 101 Å². The zero-order chi connectivity index (χ0) is 22.3. The molecule has 2 aromatic carbocycles. The molecule has 0 radical (unpaired) electrons. The van der Waals surface area contributed by atoms with Crippen LogP contribution >= 0.6 is 11.8 Å². The molecule has 10 heteroatoms. The first-order chi connectivity index (χ1) is 14.7. The largest absolute Gasteiger partial charge is 0.329 e. The van der Waals surface area contributed by atoms with Crippen LogP contribution in [0.3, 0.4) is 0 Å². The normalized spacial score (nSPS) is 14.7. The summed E-state index contributed by atoms with van der Waals surface area (Å²) in [6.07, 6.45) is 3.59.